The van der Waals surface area contributed by atoms with Gasteiger partial charge in [0.05, 0.1) is 5.69 Å². The van der Waals surface area contributed by atoms with Gasteiger partial charge in [0.15, 0.2) is 5.65 Å². The molecule has 2 aromatic heterocycles. The van der Waals surface area contributed by atoms with E-state index >= 15 is 0 Å². The maximum absolute atomic E-state index is 13.1. The van der Waals surface area contributed by atoms with Gasteiger partial charge >= 0.3 is 0 Å². The van der Waals surface area contributed by atoms with Crippen LogP contribution in [0.15, 0.2) is 35.3 Å². The van der Waals surface area contributed by atoms with Crippen molar-refractivity contribution in [2.24, 2.45) is 0 Å². The molecule has 0 saturated heterocycles. The molecule has 2 heterocycles. The highest BCUT2D eigenvalue weighted by molar-refractivity contribution is 5.68. The molecule has 0 unspecified atom stereocenters. The van der Waals surface area contributed by atoms with E-state index in [1.807, 2.05) is 19.9 Å². The molecule has 6 heteroatoms. The van der Waals surface area contributed by atoms with Crippen molar-refractivity contribution in [3.05, 3.63) is 57.8 Å². The van der Waals surface area contributed by atoms with Crippen LogP contribution in [0.3, 0.4) is 0 Å². The first-order valence-electron chi connectivity index (χ1n) is 6.83. The number of nitriles is 1. The van der Waals surface area contributed by atoms with Crippen molar-refractivity contribution in [3.8, 4) is 17.3 Å². The fourth-order valence-electron chi connectivity index (χ4n) is 2.46. The molecule has 1 N–H and O–H groups in total. The lowest BCUT2D eigenvalue weighted by atomic mass is 9.98. The third-order valence-electron chi connectivity index (χ3n) is 3.51. The highest BCUT2D eigenvalue weighted by Gasteiger charge is 2.19. The van der Waals surface area contributed by atoms with Gasteiger partial charge in [-0.3, -0.25) is 9.89 Å². The van der Waals surface area contributed by atoms with Crippen LogP contribution in [-0.4, -0.2) is 14.6 Å². The quantitative estimate of drug-likeness (QED) is 0.790. The Bertz CT molecular complexity index is 945. The van der Waals surface area contributed by atoms with Gasteiger partial charge in [-0.15, -0.1) is 0 Å². The molecule has 0 amide bonds. The lowest BCUT2D eigenvalue weighted by molar-refractivity contribution is 0.628. The highest BCUT2D eigenvalue weighted by atomic mass is 19.1. The summed E-state index contributed by atoms with van der Waals surface area (Å²) >= 11 is 0. The van der Waals surface area contributed by atoms with Gasteiger partial charge in [0.1, 0.15) is 17.4 Å². The number of aromatic amines is 1. The molecule has 110 valence electrons. The van der Waals surface area contributed by atoms with E-state index in [4.69, 9.17) is 5.26 Å². The molecule has 0 aliphatic carbocycles. The fourth-order valence-corrected chi connectivity index (χ4v) is 2.46. The zero-order chi connectivity index (χ0) is 15.9. The Kier molecular flexibility index (Phi) is 3.26. The lowest BCUT2D eigenvalue weighted by Crippen LogP contribution is -2.22. The summed E-state index contributed by atoms with van der Waals surface area (Å²) in [5, 5.41) is 11.9. The summed E-state index contributed by atoms with van der Waals surface area (Å²) in [6, 6.07) is 7.81. The summed E-state index contributed by atoms with van der Waals surface area (Å²) in [5.41, 5.74) is 1.97. The summed E-state index contributed by atoms with van der Waals surface area (Å²) < 4.78 is 14.4. The number of aromatic nitrogens is 3. The van der Waals surface area contributed by atoms with E-state index < -0.39 is 0 Å². The molecule has 0 atom stereocenters. The summed E-state index contributed by atoms with van der Waals surface area (Å²) in [4.78, 5) is 17.1. The van der Waals surface area contributed by atoms with Gasteiger partial charge in [-0.25, -0.2) is 13.9 Å². The molecule has 0 aliphatic rings. The second-order valence-corrected chi connectivity index (χ2v) is 5.30. The van der Waals surface area contributed by atoms with E-state index in [1.54, 1.807) is 12.1 Å². The first kappa shape index (κ1) is 14.0. The second-order valence-electron chi connectivity index (χ2n) is 5.30. The molecule has 0 spiro atoms. The van der Waals surface area contributed by atoms with Crippen molar-refractivity contribution in [2.45, 2.75) is 19.8 Å². The Hall–Kier alpha value is -2.94. The maximum Gasteiger partial charge on any atom is 0.276 e. The monoisotopic (exact) mass is 296 g/mol. The Labute approximate surface area is 125 Å². The largest absolute Gasteiger partial charge is 0.295 e. The molecule has 0 aliphatic heterocycles. The molecule has 0 fully saturated rings. The zero-order valence-electron chi connectivity index (χ0n) is 12.1. The second kappa shape index (κ2) is 5.11. The molecule has 22 heavy (non-hydrogen) atoms. The van der Waals surface area contributed by atoms with Crippen molar-refractivity contribution in [1.82, 2.24) is 14.6 Å². The Morgan fingerprint density at radius 1 is 1.32 bits per heavy atom. The van der Waals surface area contributed by atoms with E-state index in [1.165, 1.54) is 22.8 Å². The number of benzene rings is 1. The molecule has 3 rings (SSSR count). The Morgan fingerprint density at radius 3 is 2.59 bits per heavy atom. The van der Waals surface area contributed by atoms with Crippen molar-refractivity contribution in [2.75, 3.05) is 0 Å². The summed E-state index contributed by atoms with van der Waals surface area (Å²) in [6.07, 6.45) is 1.45. The van der Waals surface area contributed by atoms with Crippen molar-refractivity contribution >= 4 is 5.65 Å². The molecular weight excluding hydrogens is 283 g/mol. The van der Waals surface area contributed by atoms with Gasteiger partial charge in [0.25, 0.3) is 5.56 Å². The van der Waals surface area contributed by atoms with Crippen LogP contribution in [0.1, 0.15) is 30.9 Å². The standard InChI is InChI=1S/C16H13FN4O/c1-9(2)13-14(10-3-5-12(17)6-4-10)20-15-11(7-18)8-19-21(15)16(13)22/h3-6,8-9,19H,1-2H3. The number of H-pyrrole nitrogens is 1. The summed E-state index contributed by atoms with van der Waals surface area (Å²) in [7, 11) is 0. The van der Waals surface area contributed by atoms with Gasteiger partial charge in [0.2, 0.25) is 0 Å². The molecule has 1 aromatic carbocycles. The van der Waals surface area contributed by atoms with E-state index in [0.29, 0.717) is 16.8 Å². The van der Waals surface area contributed by atoms with Crippen LogP contribution in [0.5, 0.6) is 0 Å². The number of fused-ring (bicyclic) bond motifs is 1. The van der Waals surface area contributed by atoms with E-state index in [2.05, 4.69) is 10.1 Å². The van der Waals surface area contributed by atoms with Crippen LogP contribution >= 0.6 is 0 Å². The Morgan fingerprint density at radius 2 is 2.00 bits per heavy atom. The zero-order valence-corrected chi connectivity index (χ0v) is 12.1. The molecular formula is C16H13FN4O. The van der Waals surface area contributed by atoms with Gasteiger partial charge in [-0.2, -0.15) is 5.26 Å². The number of hydrogen-bond donors (Lipinski definition) is 1. The third kappa shape index (κ3) is 2.07. The van der Waals surface area contributed by atoms with E-state index in [9.17, 15) is 9.18 Å². The maximum atomic E-state index is 13.1. The van der Waals surface area contributed by atoms with Crippen molar-refractivity contribution in [1.29, 1.82) is 5.26 Å². The highest BCUT2D eigenvalue weighted by Crippen LogP contribution is 2.26. The van der Waals surface area contributed by atoms with Gasteiger partial charge in [-0.1, -0.05) is 13.8 Å². The average Bonchev–Trinajstić information content (AvgIpc) is 2.90. The van der Waals surface area contributed by atoms with Crippen LogP contribution < -0.4 is 5.56 Å². The Balaban J connectivity index is 2.41. The van der Waals surface area contributed by atoms with Gasteiger partial charge in [-0.05, 0) is 30.2 Å². The van der Waals surface area contributed by atoms with E-state index in [-0.39, 0.29) is 28.5 Å². The smallest absolute Gasteiger partial charge is 0.276 e. The molecule has 0 saturated carbocycles. The summed E-state index contributed by atoms with van der Waals surface area (Å²) in [5.74, 6) is -0.419. The molecule has 0 bridgehead atoms. The minimum Gasteiger partial charge on any atom is -0.295 e. The van der Waals surface area contributed by atoms with Gasteiger partial charge in [0, 0.05) is 17.3 Å². The minimum absolute atomic E-state index is 0.0641. The first-order valence-corrected chi connectivity index (χ1v) is 6.83. The average molecular weight is 296 g/mol. The molecule has 5 nitrogen and oxygen atoms in total. The van der Waals surface area contributed by atoms with Crippen LogP contribution in [0, 0.1) is 17.1 Å². The number of hydrogen-bond acceptors (Lipinski definition) is 3. The van der Waals surface area contributed by atoms with Gasteiger partial charge < -0.3 is 0 Å². The van der Waals surface area contributed by atoms with Crippen LogP contribution in [0.4, 0.5) is 4.39 Å². The topological polar surface area (TPSA) is 73.9 Å². The predicted octanol–water partition coefficient (Wildman–Crippen LogP) is 2.82. The van der Waals surface area contributed by atoms with Crippen LogP contribution in [0.2, 0.25) is 0 Å². The number of nitrogens with zero attached hydrogens (tertiary/aromatic N) is 3. The number of nitrogens with one attached hydrogen (secondary N) is 1. The summed E-state index contributed by atoms with van der Waals surface area (Å²) in [6.45, 7) is 3.79. The third-order valence-corrected chi connectivity index (χ3v) is 3.51. The predicted molar refractivity (Wildman–Crippen MR) is 80.0 cm³/mol. The normalized spacial score (nSPS) is 11.0. The molecule has 3 aromatic rings. The number of halogens is 1. The molecule has 0 radical (unpaired) electrons. The van der Waals surface area contributed by atoms with Crippen molar-refractivity contribution in [3.63, 3.8) is 0 Å². The lowest BCUT2D eigenvalue weighted by Gasteiger charge is -2.12. The van der Waals surface area contributed by atoms with Crippen LogP contribution in [-0.2, 0) is 0 Å². The van der Waals surface area contributed by atoms with E-state index in [0.717, 1.165) is 0 Å². The van der Waals surface area contributed by atoms with Crippen LogP contribution in [0.25, 0.3) is 16.9 Å². The first-order chi connectivity index (χ1) is 10.5. The number of rotatable bonds is 2. The van der Waals surface area contributed by atoms with Crippen molar-refractivity contribution < 1.29 is 4.39 Å². The fraction of sp³-hybridized carbons (Fsp3) is 0.188. The SMILES string of the molecule is CC(C)c1c(-c2ccc(F)cc2)nc2c(C#N)c[nH]n2c1=O. The minimum atomic E-state index is -0.355.